The number of sulfonamides is 1. The summed E-state index contributed by atoms with van der Waals surface area (Å²) in [5.41, 5.74) is 0.800. The Hall–Kier alpha value is -3.85. The summed E-state index contributed by atoms with van der Waals surface area (Å²) in [5, 5.41) is 5.09. The van der Waals surface area contributed by atoms with Crippen molar-refractivity contribution < 1.29 is 22.7 Å². The van der Waals surface area contributed by atoms with Gasteiger partial charge in [-0.3, -0.25) is 14.3 Å². The largest absolute Gasteiger partial charge is 0.455 e. The molecule has 0 unspecified atom stereocenters. The highest BCUT2D eigenvalue weighted by Crippen LogP contribution is 2.32. The number of nitrogens with one attached hydrogen (secondary N) is 3. The first kappa shape index (κ1) is 19.5. The summed E-state index contributed by atoms with van der Waals surface area (Å²) in [5.74, 6) is -0.0856. The number of hydrogen-bond acceptors (Lipinski definition) is 5. The molecule has 3 aromatic rings. The molecular formula is C21H17N3O5S. The van der Waals surface area contributed by atoms with Crippen LogP contribution in [-0.2, 0) is 19.6 Å². The van der Waals surface area contributed by atoms with E-state index in [4.69, 9.17) is 4.74 Å². The van der Waals surface area contributed by atoms with E-state index in [9.17, 15) is 18.0 Å². The molecule has 4 rings (SSSR count). The Morgan fingerprint density at radius 2 is 1.47 bits per heavy atom. The van der Waals surface area contributed by atoms with Crippen molar-refractivity contribution in [1.29, 1.82) is 0 Å². The maximum Gasteiger partial charge on any atom is 0.262 e. The molecule has 0 radical (unpaired) electrons. The van der Waals surface area contributed by atoms with Crippen LogP contribution in [0.4, 0.5) is 17.1 Å². The predicted octanol–water partition coefficient (Wildman–Crippen LogP) is 3.56. The lowest BCUT2D eigenvalue weighted by molar-refractivity contribution is -0.123. The normalized spacial score (nSPS) is 13.5. The monoisotopic (exact) mass is 423 g/mol. The van der Waals surface area contributed by atoms with Crippen LogP contribution in [0.2, 0.25) is 0 Å². The molecule has 2 amide bonds. The lowest BCUT2D eigenvalue weighted by atomic mass is 10.2. The molecule has 0 saturated heterocycles. The predicted molar refractivity (Wildman–Crippen MR) is 112 cm³/mol. The molecule has 0 saturated carbocycles. The average molecular weight is 423 g/mol. The van der Waals surface area contributed by atoms with E-state index < -0.39 is 21.8 Å². The lowest BCUT2D eigenvalue weighted by Gasteiger charge is -2.14. The van der Waals surface area contributed by atoms with Gasteiger partial charge in [-0.1, -0.05) is 30.3 Å². The molecule has 9 heteroatoms. The highest BCUT2D eigenvalue weighted by molar-refractivity contribution is 7.92. The first-order valence-corrected chi connectivity index (χ1v) is 10.5. The van der Waals surface area contributed by atoms with E-state index in [1.165, 1.54) is 18.2 Å². The number of hydrogen-bond donors (Lipinski definition) is 3. The molecule has 3 N–H and O–H groups in total. The number of amides is 2. The van der Waals surface area contributed by atoms with Gasteiger partial charge in [0.25, 0.3) is 10.0 Å². The smallest absolute Gasteiger partial charge is 0.262 e. The molecule has 152 valence electrons. The zero-order chi connectivity index (χ0) is 21.1. The summed E-state index contributed by atoms with van der Waals surface area (Å²) in [6.07, 6.45) is -0.334. The van der Waals surface area contributed by atoms with Crippen molar-refractivity contribution in [3.63, 3.8) is 0 Å². The van der Waals surface area contributed by atoms with Crippen LogP contribution in [0.25, 0.3) is 0 Å². The second-order valence-corrected chi connectivity index (χ2v) is 8.18. The summed E-state index contributed by atoms with van der Waals surface area (Å²) in [4.78, 5) is 23.3. The Morgan fingerprint density at radius 1 is 0.800 bits per heavy atom. The third-order valence-electron chi connectivity index (χ3n) is 4.27. The summed E-state index contributed by atoms with van der Waals surface area (Å²) >= 11 is 0. The highest BCUT2D eigenvalue weighted by atomic mass is 32.2. The molecule has 0 fully saturated rings. The highest BCUT2D eigenvalue weighted by Gasteiger charge is 2.22. The van der Waals surface area contributed by atoms with Crippen LogP contribution >= 0.6 is 0 Å². The first-order valence-electron chi connectivity index (χ1n) is 8.99. The van der Waals surface area contributed by atoms with Crippen LogP contribution in [0.3, 0.4) is 0 Å². The Bertz CT molecular complexity index is 1230. The molecule has 30 heavy (non-hydrogen) atoms. The van der Waals surface area contributed by atoms with Gasteiger partial charge in [0, 0.05) is 0 Å². The minimum atomic E-state index is -4.00. The Labute approximate surface area is 172 Å². The first-order chi connectivity index (χ1) is 14.4. The van der Waals surface area contributed by atoms with E-state index in [-0.39, 0.29) is 22.7 Å². The summed E-state index contributed by atoms with van der Waals surface area (Å²) < 4.78 is 34.2. The molecule has 0 aromatic heterocycles. The fraction of sp³-hybridized carbons (Fsp3) is 0.0476. The van der Waals surface area contributed by atoms with Crippen LogP contribution in [0.5, 0.6) is 11.5 Å². The van der Waals surface area contributed by atoms with Crippen LogP contribution in [-0.4, -0.2) is 20.2 Å². The standard InChI is InChI=1S/C21H17N3O5S/c25-20-13-21(26)23-18-12-15(10-11-16(18)22-20)30(27,28)24-17-8-4-5-9-19(17)29-14-6-2-1-3-7-14/h1-12,24H,13H2,(H,22,25)(H,23,26). The van der Waals surface area contributed by atoms with Gasteiger partial charge < -0.3 is 15.4 Å². The zero-order valence-electron chi connectivity index (χ0n) is 15.6. The zero-order valence-corrected chi connectivity index (χ0v) is 16.4. The van der Waals surface area contributed by atoms with Crippen molar-refractivity contribution in [2.45, 2.75) is 11.3 Å². The van der Waals surface area contributed by atoms with E-state index in [2.05, 4.69) is 15.4 Å². The van der Waals surface area contributed by atoms with Crippen molar-refractivity contribution in [2.24, 2.45) is 0 Å². The quantitative estimate of drug-likeness (QED) is 0.543. The summed E-state index contributed by atoms with van der Waals surface area (Å²) in [6.45, 7) is 0. The maximum absolute atomic E-state index is 13.0. The minimum absolute atomic E-state index is 0.0767. The maximum atomic E-state index is 13.0. The Balaban J connectivity index is 1.63. The molecule has 0 bridgehead atoms. The molecule has 3 aromatic carbocycles. The van der Waals surface area contributed by atoms with Gasteiger partial charge in [0.1, 0.15) is 12.2 Å². The lowest BCUT2D eigenvalue weighted by Crippen LogP contribution is -2.16. The number of fused-ring (bicyclic) bond motifs is 1. The SMILES string of the molecule is O=C1CC(=O)Nc2cc(S(=O)(=O)Nc3ccccc3Oc3ccccc3)ccc2N1. The Morgan fingerprint density at radius 3 is 2.23 bits per heavy atom. The van der Waals surface area contributed by atoms with Gasteiger partial charge in [0.15, 0.2) is 5.75 Å². The molecule has 0 spiro atoms. The molecule has 0 aliphatic carbocycles. The van der Waals surface area contributed by atoms with Crippen molar-refractivity contribution >= 4 is 38.9 Å². The second-order valence-electron chi connectivity index (χ2n) is 6.50. The fourth-order valence-electron chi connectivity index (χ4n) is 2.90. The molecule has 1 aliphatic heterocycles. The number of rotatable bonds is 5. The van der Waals surface area contributed by atoms with Gasteiger partial charge in [-0.15, -0.1) is 0 Å². The van der Waals surface area contributed by atoms with Crippen LogP contribution in [0.15, 0.2) is 77.7 Å². The third kappa shape index (κ3) is 4.26. The van der Waals surface area contributed by atoms with E-state index >= 15 is 0 Å². The van der Waals surface area contributed by atoms with Gasteiger partial charge in [-0.2, -0.15) is 0 Å². The van der Waals surface area contributed by atoms with E-state index in [0.717, 1.165) is 0 Å². The molecule has 1 aliphatic rings. The van der Waals surface area contributed by atoms with Crippen LogP contribution < -0.4 is 20.1 Å². The molecule has 1 heterocycles. The van der Waals surface area contributed by atoms with Crippen molar-refractivity contribution in [3.8, 4) is 11.5 Å². The molecule has 0 atom stereocenters. The molecular weight excluding hydrogens is 406 g/mol. The van der Waals surface area contributed by atoms with Crippen LogP contribution in [0, 0.1) is 0 Å². The van der Waals surface area contributed by atoms with Crippen molar-refractivity contribution in [2.75, 3.05) is 15.4 Å². The molecule has 8 nitrogen and oxygen atoms in total. The fourth-order valence-corrected chi connectivity index (χ4v) is 3.99. The van der Waals surface area contributed by atoms with Gasteiger partial charge in [0.2, 0.25) is 11.8 Å². The number of carbonyl (C=O) groups is 2. The number of carbonyl (C=O) groups excluding carboxylic acids is 2. The van der Waals surface area contributed by atoms with Crippen molar-refractivity contribution in [3.05, 3.63) is 72.8 Å². The summed E-state index contributed by atoms with van der Waals surface area (Å²) in [6, 6.07) is 19.7. The number of ether oxygens (including phenoxy) is 1. The van der Waals surface area contributed by atoms with E-state index in [0.29, 0.717) is 17.2 Å². The van der Waals surface area contributed by atoms with Crippen LogP contribution in [0.1, 0.15) is 6.42 Å². The van der Waals surface area contributed by atoms with E-state index in [1.807, 2.05) is 18.2 Å². The number of benzene rings is 3. The van der Waals surface area contributed by atoms with Gasteiger partial charge in [-0.25, -0.2) is 8.42 Å². The average Bonchev–Trinajstić information content (AvgIpc) is 2.85. The topological polar surface area (TPSA) is 114 Å². The van der Waals surface area contributed by atoms with E-state index in [1.54, 1.807) is 36.4 Å². The number of anilines is 3. The third-order valence-corrected chi connectivity index (χ3v) is 5.64. The summed E-state index contributed by atoms with van der Waals surface area (Å²) in [7, 11) is -4.00. The van der Waals surface area contributed by atoms with Gasteiger partial charge >= 0.3 is 0 Å². The van der Waals surface area contributed by atoms with Gasteiger partial charge in [0.05, 0.1) is 22.0 Å². The second kappa shape index (κ2) is 7.88. The van der Waals surface area contributed by atoms with Crippen molar-refractivity contribution in [1.82, 2.24) is 0 Å². The number of para-hydroxylation sites is 3. The minimum Gasteiger partial charge on any atom is -0.455 e. The Kier molecular flexibility index (Phi) is 5.11. The van der Waals surface area contributed by atoms with Gasteiger partial charge in [-0.05, 0) is 42.5 Å².